The third-order valence-electron chi connectivity index (χ3n) is 3.00. The van der Waals surface area contributed by atoms with Gasteiger partial charge in [0.05, 0.1) is 11.4 Å². The van der Waals surface area contributed by atoms with Crippen LogP contribution in [0.25, 0.3) is 0 Å². The molecule has 1 heterocycles. The standard InChI is InChI=1S/C14H16BrN5O/c1-3-11-12(4-2)19-20-14(17-11)18-13(21)8-5-6-10(16)9(15)7-8/h5-7H,3-4,16H2,1-2H3,(H,17,18,20,21). The molecule has 7 heteroatoms. The Bertz CT molecular complexity index is 674. The van der Waals surface area contributed by atoms with Crippen molar-refractivity contribution in [1.29, 1.82) is 0 Å². The summed E-state index contributed by atoms with van der Waals surface area (Å²) in [5.74, 6) is -0.0919. The fraction of sp³-hybridized carbons (Fsp3) is 0.286. The molecule has 1 amide bonds. The van der Waals surface area contributed by atoms with Crippen LogP contribution in [-0.2, 0) is 12.8 Å². The average Bonchev–Trinajstić information content (AvgIpc) is 2.49. The van der Waals surface area contributed by atoms with Gasteiger partial charge in [0.25, 0.3) is 5.91 Å². The lowest BCUT2D eigenvalue weighted by Crippen LogP contribution is -2.16. The van der Waals surface area contributed by atoms with Gasteiger partial charge in [-0.2, -0.15) is 0 Å². The van der Waals surface area contributed by atoms with Gasteiger partial charge in [-0.05, 0) is 47.0 Å². The van der Waals surface area contributed by atoms with Crippen molar-refractivity contribution >= 4 is 33.5 Å². The average molecular weight is 350 g/mol. The molecule has 0 unspecified atom stereocenters. The van der Waals surface area contributed by atoms with Gasteiger partial charge in [0.15, 0.2) is 0 Å². The molecule has 0 radical (unpaired) electrons. The molecule has 6 nitrogen and oxygen atoms in total. The molecule has 0 saturated carbocycles. The first-order valence-corrected chi connectivity index (χ1v) is 7.43. The highest BCUT2D eigenvalue weighted by molar-refractivity contribution is 9.10. The minimum absolute atomic E-state index is 0.210. The summed E-state index contributed by atoms with van der Waals surface area (Å²) in [5.41, 5.74) is 8.44. The Morgan fingerprint density at radius 2 is 1.95 bits per heavy atom. The molecule has 21 heavy (non-hydrogen) atoms. The van der Waals surface area contributed by atoms with Crippen molar-refractivity contribution in [2.75, 3.05) is 11.1 Å². The number of nitrogens with two attached hydrogens (primary N) is 1. The number of carbonyl (C=O) groups excluding carboxylic acids is 1. The largest absolute Gasteiger partial charge is 0.398 e. The normalized spacial score (nSPS) is 10.4. The van der Waals surface area contributed by atoms with Gasteiger partial charge in [0.2, 0.25) is 5.95 Å². The Kier molecular flexibility index (Phi) is 4.85. The number of aryl methyl sites for hydroxylation is 2. The summed E-state index contributed by atoms with van der Waals surface area (Å²) in [6.07, 6.45) is 1.51. The monoisotopic (exact) mass is 349 g/mol. The molecule has 2 aromatic rings. The molecule has 1 aromatic heterocycles. The molecule has 2 rings (SSSR count). The molecular formula is C14H16BrN5O. The van der Waals surface area contributed by atoms with Crippen LogP contribution in [0.4, 0.5) is 11.6 Å². The molecule has 1 aromatic carbocycles. The first-order valence-electron chi connectivity index (χ1n) is 6.64. The van der Waals surface area contributed by atoms with Gasteiger partial charge in [0, 0.05) is 15.7 Å². The smallest absolute Gasteiger partial charge is 0.258 e. The zero-order valence-corrected chi connectivity index (χ0v) is 13.4. The lowest BCUT2D eigenvalue weighted by Gasteiger charge is -2.07. The lowest BCUT2D eigenvalue weighted by atomic mass is 10.2. The molecule has 0 spiro atoms. The van der Waals surface area contributed by atoms with Crippen molar-refractivity contribution in [3.05, 3.63) is 39.6 Å². The third kappa shape index (κ3) is 3.55. The van der Waals surface area contributed by atoms with E-state index in [0.29, 0.717) is 15.7 Å². The molecule has 0 aliphatic heterocycles. The second-order valence-electron chi connectivity index (χ2n) is 4.43. The van der Waals surface area contributed by atoms with E-state index in [1.165, 1.54) is 0 Å². The number of hydrogen-bond donors (Lipinski definition) is 2. The van der Waals surface area contributed by atoms with Gasteiger partial charge in [-0.25, -0.2) is 4.98 Å². The van der Waals surface area contributed by atoms with Crippen molar-refractivity contribution < 1.29 is 4.79 Å². The molecule has 0 aliphatic carbocycles. The number of carbonyl (C=O) groups is 1. The maximum absolute atomic E-state index is 12.2. The van der Waals surface area contributed by atoms with E-state index < -0.39 is 0 Å². The van der Waals surface area contributed by atoms with E-state index in [2.05, 4.69) is 36.4 Å². The number of aromatic nitrogens is 3. The number of anilines is 2. The van der Waals surface area contributed by atoms with Crippen molar-refractivity contribution in [3.8, 4) is 0 Å². The highest BCUT2D eigenvalue weighted by atomic mass is 79.9. The van der Waals surface area contributed by atoms with E-state index in [-0.39, 0.29) is 11.9 Å². The second kappa shape index (κ2) is 6.62. The zero-order chi connectivity index (χ0) is 15.4. The van der Waals surface area contributed by atoms with Crippen LogP contribution in [0.5, 0.6) is 0 Å². The minimum Gasteiger partial charge on any atom is -0.398 e. The van der Waals surface area contributed by atoms with E-state index in [1.54, 1.807) is 18.2 Å². The third-order valence-corrected chi connectivity index (χ3v) is 3.68. The van der Waals surface area contributed by atoms with Gasteiger partial charge >= 0.3 is 0 Å². The highest BCUT2D eigenvalue weighted by Crippen LogP contribution is 2.20. The van der Waals surface area contributed by atoms with Crippen LogP contribution in [0.2, 0.25) is 0 Å². The van der Waals surface area contributed by atoms with Crippen LogP contribution >= 0.6 is 15.9 Å². The van der Waals surface area contributed by atoms with Crippen LogP contribution in [-0.4, -0.2) is 21.1 Å². The fourth-order valence-electron chi connectivity index (χ4n) is 1.83. The summed E-state index contributed by atoms with van der Waals surface area (Å²) in [5, 5.41) is 10.7. The molecule has 3 N–H and O–H groups in total. The molecule has 110 valence electrons. The van der Waals surface area contributed by atoms with Crippen molar-refractivity contribution in [1.82, 2.24) is 15.2 Å². The Balaban J connectivity index is 2.21. The van der Waals surface area contributed by atoms with Crippen molar-refractivity contribution in [2.24, 2.45) is 0 Å². The molecule has 0 aliphatic rings. The number of nitrogen functional groups attached to an aromatic ring is 1. The summed E-state index contributed by atoms with van der Waals surface area (Å²) in [7, 11) is 0. The van der Waals surface area contributed by atoms with Crippen LogP contribution < -0.4 is 11.1 Å². The maximum atomic E-state index is 12.2. The summed E-state index contributed by atoms with van der Waals surface area (Å²) < 4.78 is 0.671. The molecule has 0 saturated heterocycles. The molecule has 0 bridgehead atoms. The predicted molar refractivity (Wildman–Crippen MR) is 85.1 cm³/mol. The van der Waals surface area contributed by atoms with Crippen LogP contribution in [0.3, 0.4) is 0 Å². The van der Waals surface area contributed by atoms with E-state index >= 15 is 0 Å². The van der Waals surface area contributed by atoms with Crippen LogP contribution in [0.15, 0.2) is 22.7 Å². The molecular weight excluding hydrogens is 334 g/mol. The predicted octanol–water partition coefficient (Wildman–Crippen LogP) is 2.59. The lowest BCUT2D eigenvalue weighted by molar-refractivity contribution is 0.102. The SMILES string of the molecule is CCc1nnc(NC(=O)c2ccc(N)c(Br)c2)nc1CC. The first kappa shape index (κ1) is 15.4. The van der Waals surface area contributed by atoms with Gasteiger partial charge < -0.3 is 5.73 Å². The molecule has 0 atom stereocenters. The number of amides is 1. The van der Waals surface area contributed by atoms with Gasteiger partial charge in [-0.15, -0.1) is 10.2 Å². The maximum Gasteiger partial charge on any atom is 0.258 e. The van der Waals surface area contributed by atoms with E-state index in [4.69, 9.17) is 5.73 Å². The highest BCUT2D eigenvalue weighted by Gasteiger charge is 2.11. The summed E-state index contributed by atoms with van der Waals surface area (Å²) in [6.45, 7) is 3.99. The summed E-state index contributed by atoms with van der Waals surface area (Å²) in [4.78, 5) is 16.5. The van der Waals surface area contributed by atoms with Gasteiger partial charge in [-0.1, -0.05) is 13.8 Å². The Hall–Kier alpha value is -2.02. The van der Waals surface area contributed by atoms with Crippen molar-refractivity contribution in [3.63, 3.8) is 0 Å². The van der Waals surface area contributed by atoms with Crippen LogP contribution in [0.1, 0.15) is 35.6 Å². The van der Waals surface area contributed by atoms with Crippen molar-refractivity contribution in [2.45, 2.75) is 26.7 Å². The Labute approximate surface area is 131 Å². The number of nitrogens with zero attached hydrogens (tertiary/aromatic N) is 3. The van der Waals surface area contributed by atoms with E-state index in [9.17, 15) is 4.79 Å². The summed E-state index contributed by atoms with van der Waals surface area (Å²) >= 11 is 3.29. The van der Waals surface area contributed by atoms with Gasteiger partial charge in [0.1, 0.15) is 0 Å². The fourth-order valence-corrected chi connectivity index (χ4v) is 2.21. The zero-order valence-electron chi connectivity index (χ0n) is 11.9. The van der Waals surface area contributed by atoms with E-state index in [1.807, 2.05) is 13.8 Å². The van der Waals surface area contributed by atoms with Crippen LogP contribution in [0, 0.1) is 0 Å². The first-order chi connectivity index (χ1) is 10.0. The Morgan fingerprint density at radius 3 is 2.57 bits per heavy atom. The number of nitrogens with one attached hydrogen (secondary N) is 1. The second-order valence-corrected chi connectivity index (χ2v) is 5.28. The number of rotatable bonds is 4. The number of hydrogen-bond acceptors (Lipinski definition) is 5. The number of halogens is 1. The van der Waals surface area contributed by atoms with E-state index in [0.717, 1.165) is 24.2 Å². The summed E-state index contributed by atoms with van der Waals surface area (Å²) in [6, 6.07) is 4.96. The number of benzene rings is 1. The quantitative estimate of drug-likeness (QED) is 0.827. The topological polar surface area (TPSA) is 93.8 Å². The Morgan fingerprint density at radius 1 is 1.24 bits per heavy atom. The van der Waals surface area contributed by atoms with Gasteiger partial charge in [-0.3, -0.25) is 10.1 Å². The minimum atomic E-state index is -0.302. The molecule has 0 fully saturated rings.